The fourth-order valence-corrected chi connectivity index (χ4v) is 1.78. The van der Waals surface area contributed by atoms with E-state index in [9.17, 15) is 4.79 Å². The zero-order valence-corrected chi connectivity index (χ0v) is 11.3. The Hall–Kier alpha value is -1.71. The van der Waals surface area contributed by atoms with Gasteiger partial charge in [-0.3, -0.25) is 4.79 Å². The maximum absolute atomic E-state index is 11.8. The van der Waals surface area contributed by atoms with Crippen molar-refractivity contribution < 1.29 is 4.79 Å². The molecule has 0 aliphatic heterocycles. The smallest absolute Gasteiger partial charge is 0.239 e. The van der Waals surface area contributed by atoms with Crippen LogP contribution >= 0.6 is 0 Å². The van der Waals surface area contributed by atoms with E-state index < -0.39 is 0 Å². The van der Waals surface area contributed by atoms with Crippen molar-refractivity contribution in [3.05, 3.63) is 24.3 Å². The molecular formula is C14H23N3O. The molecule has 1 rings (SSSR count). The van der Waals surface area contributed by atoms with E-state index in [1.165, 1.54) is 0 Å². The van der Waals surface area contributed by atoms with Crippen LogP contribution in [0.1, 0.15) is 26.7 Å². The lowest BCUT2D eigenvalue weighted by Gasteiger charge is -2.23. The van der Waals surface area contributed by atoms with Crippen LogP contribution in [-0.4, -0.2) is 25.5 Å². The highest BCUT2D eigenvalue weighted by Crippen LogP contribution is 2.21. The van der Waals surface area contributed by atoms with Crippen LogP contribution in [0.5, 0.6) is 0 Å². The zero-order chi connectivity index (χ0) is 13.4. The van der Waals surface area contributed by atoms with Crippen molar-refractivity contribution in [2.45, 2.75) is 26.7 Å². The Labute approximate surface area is 109 Å². The van der Waals surface area contributed by atoms with Gasteiger partial charge in [0.1, 0.15) is 0 Å². The summed E-state index contributed by atoms with van der Waals surface area (Å²) >= 11 is 0. The minimum absolute atomic E-state index is 0.0496. The Morgan fingerprint density at radius 1 is 1.33 bits per heavy atom. The molecule has 0 saturated heterocycles. The summed E-state index contributed by atoms with van der Waals surface area (Å²) in [4.78, 5) is 13.8. The number of para-hydroxylation sites is 2. The van der Waals surface area contributed by atoms with E-state index in [-0.39, 0.29) is 5.91 Å². The van der Waals surface area contributed by atoms with Crippen molar-refractivity contribution in [2.75, 3.05) is 30.3 Å². The van der Waals surface area contributed by atoms with Crippen LogP contribution in [0.25, 0.3) is 0 Å². The van der Waals surface area contributed by atoms with Crippen molar-refractivity contribution in [1.82, 2.24) is 5.32 Å². The Morgan fingerprint density at radius 2 is 2.06 bits per heavy atom. The molecule has 4 heteroatoms. The fourth-order valence-electron chi connectivity index (χ4n) is 1.78. The third-order valence-corrected chi connectivity index (χ3v) is 2.85. The Bertz CT molecular complexity index is 379. The molecule has 1 amide bonds. The topological polar surface area (TPSA) is 58.4 Å². The number of carbonyl (C=O) groups is 1. The normalized spacial score (nSPS) is 10.1. The molecule has 0 saturated carbocycles. The molecule has 0 aliphatic rings. The molecule has 0 bridgehead atoms. The Morgan fingerprint density at radius 3 is 2.67 bits per heavy atom. The average molecular weight is 249 g/mol. The monoisotopic (exact) mass is 249 g/mol. The highest BCUT2D eigenvalue weighted by molar-refractivity contribution is 5.83. The lowest BCUT2D eigenvalue weighted by Crippen LogP contribution is -2.37. The maximum atomic E-state index is 11.8. The number of nitrogens with one attached hydrogen (secondary N) is 1. The van der Waals surface area contributed by atoms with Crippen molar-refractivity contribution in [3.63, 3.8) is 0 Å². The van der Waals surface area contributed by atoms with Gasteiger partial charge in [0, 0.05) is 13.1 Å². The molecule has 0 heterocycles. The van der Waals surface area contributed by atoms with Gasteiger partial charge in [0.05, 0.1) is 17.9 Å². The van der Waals surface area contributed by atoms with E-state index in [0.29, 0.717) is 12.2 Å². The third kappa shape index (κ3) is 4.28. The highest BCUT2D eigenvalue weighted by Gasteiger charge is 2.11. The quantitative estimate of drug-likeness (QED) is 0.574. The minimum atomic E-state index is 0.0496. The van der Waals surface area contributed by atoms with E-state index >= 15 is 0 Å². The van der Waals surface area contributed by atoms with Gasteiger partial charge in [-0.2, -0.15) is 0 Å². The van der Waals surface area contributed by atoms with Crippen LogP contribution in [0.3, 0.4) is 0 Å². The number of nitrogen functional groups attached to an aromatic ring is 1. The minimum Gasteiger partial charge on any atom is -0.397 e. The Balaban J connectivity index is 2.57. The molecule has 0 aromatic heterocycles. The summed E-state index contributed by atoms with van der Waals surface area (Å²) in [5, 5.41) is 2.92. The first-order valence-electron chi connectivity index (χ1n) is 6.55. The molecule has 0 fully saturated rings. The molecule has 0 atom stereocenters. The number of unbranched alkanes of at least 4 members (excludes halogenated alkanes) is 1. The number of nitrogens with two attached hydrogens (primary N) is 1. The summed E-state index contributed by atoms with van der Waals surface area (Å²) in [5.41, 5.74) is 7.55. The van der Waals surface area contributed by atoms with Gasteiger partial charge < -0.3 is 16.0 Å². The summed E-state index contributed by atoms with van der Waals surface area (Å²) in [6.07, 6.45) is 2.11. The first-order chi connectivity index (χ1) is 8.69. The number of rotatable bonds is 7. The molecule has 3 N–H and O–H groups in total. The van der Waals surface area contributed by atoms with Crippen LogP contribution in [-0.2, 0) is 4.79 Å². The van der Waals surface area contributed by atoms with E-state index in [1.807, 2.05) is 36.1 Å². The van der Waals surface area contributed by atoms with Crippen molar-refractivity contribution in [1.29, 1.82) is 0 Å². The number of carbonyl (C=O) groups excluding carboxylic acids is 1. The molecule has 1 aromatic carbocycles. The molecule has 4 nitrogen and oxygen atoms in total. The van der Waals surface area contributed by atoms with Gasteiger partial charge >= 0.3 is 0 Å². The van der Waals surface area contributed by atoms with E-state index in [2.05, 4.69) is 12.2 Å². The molecular weight excluding hydrogens is 226 g/mol. The zero-order valence-electron chi connectivity index (χ0n) is 11.3. The number of nitrogens with zero attached hydrogens (tertiary/aromatic N) is 1. The van der Waals surface area contributed by atoms with Crippen molar-refractivity contribution in [3.8, 4) is 0 Å². The van der Waals surface area contributed by atoms with Gasteiger partial charge in [-0.05, 0) is 25.5 Å². The molecule has 100 valence electrons. The number of hydrogen-bond donors (Lipinski definition) is 2. The number of likely N-dealkylation sites (N-methyl/N-ethyl adjacent to an activating group) is 1. The summed E-state index contributed by atoms with van der Waals surface area (Å²) < 4.78 is 0. The van der Waals surface area contributed by atoms with Crippen LogP contribution in [0.2, 0.25) is 0 Å². The molecule has 18 heavy (non-hydrogen) atoms. The first kappa shape index (κ1) is 14.4. The van der Waals surface area contributed by atoms with Crippen LogP contribution in [0.4, 0.5) is 11.4 Å². The summed E-state index contributed by atoms with van der Waals surface area (Å²) in [7, 11) is 0. The average Bonchev–Trinajstić information content (AvgIpc) is 2.37. The Kier molecular flexibility index (Phi) is 6.05. The summed E-state index contributed by atoms with van der Waals surface area (Å²) in [6.45, 7) is 5.99. The number of benzene rings is 1. The van der Waals surface area contributed by atoms with Gasteiger partial charge in [-0.25, -0.2) is 0 Å². The standard InChI is InChI=1S/C14H23N3O/c1-3-5-10-16-14(18)11-17(4-2)13-9-7-6-8-12(13)15/h6-9H,3-5,10-11,15H2,1-2H3,(H,16,18). The molecule has 0 spiro atoms. The van der Waals surface area contributed by atoms with E-state index in [4.69, 9.17) is 5.73 Å². The van der Waals surface area contributed by atoms with Crippen LogP contribution in [0.15, 0.2) is 24.3 Å². The second-order valence-electron chi connectivity index (χ2n) is 4.28. The van der Waals surface area contributed by atoms with E-state index in [1.54, 1.807) is 0 Å². The largest absolute Gasteiger partial charge is 0.397 e. The number of amides is 1. The molecule has 0 aliphatic carbocycles. The summed E-state index contributed by atoms with van der Waals surface area (Å²) in [5.74, 6) is 0.0496. The van der Waals surface area contributed by atoms with Gasteiger partial charge in [0.25, 0.3) is 0 Å². The lowest BCUT2D eigenvalue weighted by atomic mass is 10.2. The van der Waals surface area contributed by atoms with Gasteiger partial charge in [-0.15, -0.1) is 0 Å². The van der Waals surface area contributed by atoms with Gasteiger partial charge in [0.15, 0.2) is 0 Å². The first-order valence-corrected chi connectivity index (χ1v) is 6.55. The predicted molar refractivity (Wildman–Crippen MR) is 76.7 cm³/mol. The second-order valence-corrected chi connectivity index (χ2v) is 4.28. The predicted octanol–water partition coefficient (Wildman–Crippen LogP) is 2.01. The van der Waals surface area contributed by atoms with Crippen LogP contribution < -0.4 is 16.0 Å². The number of anilines is 2. The molecule has 0 radical (unpaired) electrons. The van der Waals surface area contributed by atoms with Crippen molar-refractivity contribution in [2.24, 2.45) is 0 Å². The second kappa shape index (κ2) is 7.58. The summed E-state index contributed by atoms with van der Waals surface area (Å²) in [6, 6.07) is 7.63. The van der Waals surface area contributed by atoms with Gasteiger partial charge in [-0.1, -0.05) is 25.5 Å². The van der Waals surface area contributed by atoms with Gasteiger partial charge in [0.2, 0.25) is 5.91 Å². The van der Waals surface area contributed by atoms with E-state index in [0.717, 1.165) is 31.6 Å². The third-order valence-electron chi connectivity index (χ3n) is 2.85. The SMILES string of the molecule is CCCCNC(=O)CN(CC)c1ccccc1N. The lowest BCUT2D eigenvalue weighted by molar-refractivity contribution is -0.119. The van der Waals surface area contributed by atoms with Crippen molar-refractivity contribution >= 4 is 17.3 Å². The number of hydrogen-bond acceptors (Lipinski definition) is 3. The maximum Gasteiger partial charge on any atom is 0.239 e. The molecule has 0 unspecified atom stereocenters. The fraction of sp³-hybridized carbons (Fsp3) is 0.500. The molecule has 1 aromatic rings. The highest BCUT2D eigenvalue weighted by atomic mass is 16.2. The van der Waals surface area contributed by atoms with Crippen LogP contribution in [0, 0.1) is 0 Å².